The molecule has 1 heterocycles. The third-order valence-corrected chi connectivity index (χ3v) is 8.53. The maximum atomic E-state index is 2.41. The summed E-state index contributed by atoms with van der Waals surface area (Å²) in [5.41, 5.74) is 5.23. The van der Waals surface area contributed by atoms with Gasteiger partial charge in [0.2, 0.25) is 0 Å². The van der Waals surface area contributed by atoms with Crippen LogP contribution < -0.4 is 0 Å². The molecule has 0 N–H and O–H groups in total. The molecule has 0 saturated heterocycles. The Kier molecular flexibility index (Phi) is 3.97. The second kappa shape index (κ2) is 7.21. The molecule has 1 aliphatic rings. The summed E-state index contributed by atoms with van der Waals surface area (Å²) < 4.78 is 0. The van der Waals surface area contributed by atoms with Crippen LogP contribution in [0.1, 0.15) is 0 Å². The summed E-state index contributed by atoms with van der Waals surface area (Å²) in [6.07, 6.45) is 0. The van der Waals surface area contributed by atoms with Gasteiger partial charge in [0.1, 0.15) is 0 Å². The molecule has 0 aliphatic carbocycles. The Morgan fingerprint density at radius 3 is 1.94 bits per heavy atom. The van der Waals surface area contributed by atoms with Gasteiger partial charge in [-0.1, -0.05) is 96.7 Å². The van der Waals surface area contributed by atoms with E-state index in [0.717, 1.165) is 0 Å². The first kappa shape index (κ1) is 19.3. The highest BCUT2D eigenvalue weighted by atomic mass is 32.2. The molecular weight excluding hydrogens is 440 g/mol. The third-order valence-electron chi connectivity index (χ3n) is 7.39. The largest absolute Gasteiger partial charge is 0.0888 e. The molecule has 162 valence electrons. The van der Waals surface area contributed by atoms with Crippen molar-refractivity contribution in [2.45, 2.75) is 9.79 Å². The first-order valence-corrected chi connectivity index (χ1v) is 12.8. The molecule has 0 unspecified atom stereocenters. The van der Waals surface area contributed by atoms with Crippen LogP contribution in [-0.4, -0.2) is 0 Å². The van der Waals surface area contributed by atoms with E-state index in [0.29, 0.717) is 0 Å². The predicted octanol–water partition coefficient (Wildman–Crippen LogP) is 10.1. The van der Waals surface area contributed by atoms with Crippen LogP contribution in [0.15, 0.2) is 131 Å². The summed E-state index contributed by atoms with van der Waals surface area (Å²) >= 11 is 1.89. The predicted molar refractivity (Wildman–Crippen MR) is 151 cm³/mol. The fraction of sp³-hybridized carbons (Fsp3) is 0. The van der Waals surface area contributed by atoms with Gasteiger partial charge in [-0.2, -0.15) is 0 Å². The van der Waals surface area contributed by atoms with Gasteiger partial charge in [-0.15, -0.1) is 0 Å². The smallest absolute Gasteiger partial charge is 0.0207 e. The lowest BCUT2D eigenvalue weighted by atomic mass is 9.89. The average molecular weight is 461 g/mol. The molecule has 0 nitrogen and oxygen atoms in total. The Labute approximate surface area is 207 Å². The Balaban J connectivity index is 1.45. The van der Waals surface area contributed by atoms with Crippen molar-refractivity contribution in [3.8, 4) is 22.3 Å². The molecule has 0 spiro atoms. The van der Waals surface area contributed by atoms with Crippen molar-refractivity contribution in [3.63, 3.8) is 0 Å². The minimum absolute atomic E-state index is 1.27. The SMILES string of the molecule is c1ccc2cc3c(cc2c1)c(-c1ccc2c(c1)-c1cccc4cccc(c14)S2)cc1ccccc13. The van der Waals surface area contributed by atoms with Gasteiger partial charge in [0.15, 0.2) is 0 Å². The van der Waals surface area contributed by atoms with Crippen molar-refractivity contribution in [1.82, 2.24) is 0 Å². The van der Waals surface area contributed by atoms with Gasteiger partial charge in [0.05, 0.1) is 0 Å². The molecule has 0 radical (unpaired) electrons. The van der Waals surface area contributed by atoms with Gasteiger partial charge in [-0.25, -0.2) is 0 Å². The maximum absolute atomic E-state index is 2.41. The first-order valence-electron chi connectivity index (χ1n) is 12.0. The van der Waals surface area contributed by atoms with Crippen LogP contribution in [0.3, 0.4) is 0 Å². The second-order valence-corrected chi connectivity index (χ2v) is 10.4. The van der Waals surface area contributed by atoms with Gasteiger partial charge < -0.3 is 0 Å². The van der Waals surface area contributed by atoms with Crippen LogP contribution in [0, 0.1) is 0 Å². The molecule has 0 atom stereocenters. The zero-order valence-corrected chi connectivity index (χ0v) is 19.8. The number of rotatable bonds is 1. The lowest BCUT2D eigenvalue weighted by molar-refractivity contribution is 1.40. The summed E-state index contributed by atoms with van der Waals surface area (Å²) in [7, 11) is 0. The van der Waals surface area contributed by atoms with E-state index in [2.05, 4.69) is 121 Å². The third kappa shape index (κ3) is 2.82. The lowest BCUT2D eigenvalue weighted by Crippen LogP contribution is -1.94. The Morgan fingerprint density at radius 1 is 0.371 bits per heavy atom. The topological polar surface area (TPSA) is 0 Å². The number of hydrogen-bond donors (Lipinski definition) is 0. The van der Waals surface area contributed by atoms with Crippen molar-refractivity contribution in [1.29, 1.82) is 0 Å². The minimum atomic E-state index is 1.27. The fourth-order valence-electron chi connectivity index (χ4n) is 5.76. The van der Waals surface area contributed by atoms with Crippen LogP contribution >= 0.6 is 11.8 Å². The number of fused-ring (bicyclic) bond motifs is 6. The van der Waals surface area contributed by atoms with E-state index in [1.807, 2.05) is 11.8 Å². The van der Waals surface area contributed by atoms with Crippen molar-refractivity contribution in [2.24, 2.45) is 0 Å². The van der Waals surface area contributed by atoms with E-state index in [4.69, 9.17) is 0 Å². The van der Waals surface area contributed by atoms with Gasteiger partial charge >= 0.3 is 0 Å². The fourth-order valence-corrected chi connectivity index (χ4v) is 6.89. The van der Waals surface area contributed by atoms with E-state index in [1.54, 1.807) is 0 Å². The summed E-state index contributed by atoms with van der Waals surface area (Å²) in [4.78, 5) is 2.68. The average Bonchev–Trinajstić information content (AvgIpc) is 2.92. The molecule has 0 bridgehead atoms. The molecule has 35 heavy (non-hydrogen) atoms. The lowest BCUT2D eigenvalue weighted by Gasteiger charge is -2.21. The van der Waals surface area contributed by atoms with E-state index >= 15 is 0 Å². The molecule has 0 fully saturated rings. The Bertz CT molecular complexity index is 1970. The molecule has 7 aromatic rings. The second-order valence-electron chi connectivity index (χ2n) is 9.36. The molecule has 0 aromatic heterocycles. The van der Waals surface area contributed by atoms with Crippen LogP contribution in [0.25, 0.3) is 65.3 Å². The summed E-state index contributed by atoms with van der Waals surface area (Å²) in [6, 6.07) is 44.9. The van der Waals surface area contributed by atoms with Crippen molar-refractivity contribution >= 4 is 54.9 Å². The van der Waals surface area contributed by atoms with Crippen LogP contribution in [0.2, 0.25) is 0 Å². The highest BCUT2D eigenvalue weighted by molar-refractivity contribution is 7.99. The Morgan fingerprint density at radius 2 is 1.09 bits per heavy atom. The van der Waals surface area contributed by atoms with Gasteiger partial charge in [-0.05, 0) is 96.4 Å². The summed E-state index contributed by atoms with van der Waals surface area (Å²) in [6.45, 7) is 0. The molecular formula is C34H20S. The molecule has 0 amide bonds. The van der Waals surface area contributed by atoms with Crippen molar-refractivity contribution < 1.29 is 0 Å². The molecule has 7 aromatic carbocycles. The zero-order chi connectivity index (χ0) is 22.9. The van der Waals surface area contributed by atoms with E-state index in [9.17, 15) is 0 Å². The van der Waals surface area contributed by atoms with Crippen LogP contribution in [0.4, 0.5) is 0 Å². The minimum Gasteiger partial charge on any atom is -0.0888 e. The van der Waals surface area contributed by atoms with E-state index in [1.165, 1.54) is 75.1 Å². The number of hydrogen-bond acceptors (Lipinski definition) is 1. The standard InChI is InChI=1S/C34H20S/c1-2-8-23-18-30-28(19-24-9-3-4-12-26(24)29(30)17-22(23)7-1)25-15-16-32-31(20-25)27-13-5-10-21-11-6-14-33(35-32)34(21)27/h1-20H. The van der Waals surface area contributed by atoms with Crippen LogP contribution in [-0.2, 0) is 0 Å². The number of benzene rings is 7. The van der Waals surface area contributed by atoms with E-state index < -0.39 is 0 Å². The Hall–Kier alpha value is -4.07. The van der Waals surface area contributed by atoms with E-state index in [-0.39, 0.29) is 0 Å². The van der Waals surface area contributed by atoms with Gasteiger partial charge in [0, 0.05) is 15.2 Å². The van der Waals surface area contributed by atoms with Crippen molar-refractivity contribution in [2.75, 3.05) is 0 Å². The van der Waals surface area contributed by atoms with Gasteiger partial charge in [0.25, 0.3) is 0 Å². The quantitative estimate of drug-likeness (QED) is 0.173. The summed E-state index contributed by atoms with van der Waals surface area (Å²) in [5, 5.41) is 10.5. The highest BCUT2D eigenvalue weighted by Crippen LogP contribution is 2.49. The van der Waals surface area contributed by atoms with Crippen molar-refractivity contribution in [3.05, 3.63) is 121 Å². The normalized spacial score (nSPS) is 12.5. The van der Waals surface area contributed by atoms with Gasteiger partial charge in [-0.3, -0.25) is 0 Å². The molecule has 1 heteroatoms. The first-order chi connectivity index (χ1) is 17.3. The van der Waals surface area contributed by atoms with Crippen LogP contribution in [0.5, 0.6) is 0 Å². The monoisotopic (exact) mass is 460 g/mol. The highest BCUT2D eigenvalue weighted by Gasteiger charge is 2.20. The molecule has 1 aliphatic heterocycles. The summed E-state index contributed by atoms with van der Waals surface area (Å²) in [5.74, 6) is 0. The maximum Gasteiger partial charge on any atom is 0.0207 e. The molecule has 8 rings (SSSR count). The molecule has 0 saturated carbocycles. The zero-order valence-electron chi connectivity index (χ0n) is 19.0.